The molecule has 0 spiro atoms. The zero-order chi connectivity index (χ0) is 20.9. The Labute approximate surface area is 176 Å². The molecule has 0 atom stereocenters. The maximum absolute atomic E-state index is 13.5. The predicted octanol–water partition coefficient (Wildman–Crippen LogP) is 5.61. The summed E-state index contributed by atoms with van der Waals surface area (Å²) in [6.07, 6.45) is 7.44. The molecule has 3 aromatic rings. The molecule has 1 aliphatic rings. The summed E-state index contributed by atoms with van der Waals surface area (Å²) in [5.41, 5.74) is 2.28. The lowest BCUT2D eigenvalue weighted by atomic mass is 9.95. The van der Waals surface area contributed by atoms with Crippen molar-refractivity contribution in [1.29, 1.82) is 0 Å². The Kier molecular flexibility index (Phi) is 6.17. The smallest absolute Gasteiger partial charge is 0.268 e. The lowest BCUT2D eigenvalue weighted by Crippen LogP contribution is -2.37. The van der Waals surface area contributed by atoms with Crippen LogP contribution in [0.15, 0.2) is 61.2 Å². The number of allylic oxidation sites excluding steroid dienone is 1. The molecule has 1 aromatic heterocycles. The quantitative estimate of drug-likeness (QED) is 0.519. The number of carbonyl (C=O) groups is 1. The minimum Gasteiger partial charge on any atom is -0.488 e. The number of hydrogen-bond donors (Lipinski definition) is 1. The van der Waals surface area contributed by atoms with Gasteiger partial charge in [-0.2, -0.15) is 0 Å². The number of aromatic nitrogens is 1. The number of ether oxygens (including phenoxy) is 1. The first-order valence-corrected chi connectivity index (χ1v) is 10.6. The monoisotopic (exact) mass is 406 g/mol. The summed E-state index contributed by atoms with van der Waals surface area (Å²) in [6.45, 7) is 4.63. The van der Waals surface area contributed by atoms with Gasteiger partial charge in [0.15, 0.2) is 0 Å². The lowest BCUT2D eigenvalue weighted by Gasteiger charge is -2.23. The van der Waals surface area contributed by atoms with Gasteiger partial charge in [-0.05, 0) is 48.7 Å². The number of nitrogens with zero attached hydrogens (tertiary/aromatic N) is 1. The van der Waals surface area contributed by atoms with Crippen LogP contribution in [-0.2, 0) is 13.2 Å². The standard InChI is InChI=1S/C25H27FN2O2/c1-2-14-28-22-12-7-13-24(30-17-18-8-6-9-19(26)15-18)21(22)16-23(28)25(29)27-20-10-4-3-5-11-20/h2,6-9,12-13,15-16,20H,1,3-5,10-11,14,17H2,(H,27,29). The van der Waals surface area contributed by atoms with Gasteiger partial charge in [0.05, 0.1) is 5.52 Å². The van der Waals surface area contributed by atoms with Crippen LogP contribution in [0.5, 0.6) is 5.75 Å². The summed E-state index contributed by atoms with van der Waals surface area (Å²) in [5, 5.41) is 4.07. The first-order chi connectivity index (χ1) is 14.7. The second-order valence-corrected chi connectivity index (χ2v) is 7.84. The molecule has 4 rings (SSSR count). The highest BCUT2D eigenvalue weighted by Crippen LogP contribution is 2.30. The minimum absolute atomic E-state index is 0.0592. The van der Waals surface area contributed by atoms with E-state index in [4.69, 9.17) is 4.74 Å². The van der Waals surface area contributed by atoms with Gasteiger partial charge in [-0.25, -0.2) is 4.39 Å². The third-order valence-corrected chi connectivity index (χ3v) is 5.67. The first kappa shape index (κ1) is 20.2. The number of carbonyl (C=O) groups excluding carboxylic acids is 1. The van der Waals surface area contributed by atoms with Crippen LogP contribution in [0.4, 0.5) is 4.39 Å². The molecule has 2 aromatic carbocycles. The maximum atomic E-state index is 13.5. The molecule has 1 fully saturated rings. The molecule has 1 aliphatic carbocycles. The van der Waals surface area contributed by atoms with Crippen LogP contribution in [0.1, 0.15) is 48.2 Å². The molecular weight excluding hydrogens is 379 g/mol. The molecule has 0 unspecified atom stereocenters. The number of nitrogens with one attached hydrogen (secondary N) is 1. The Hall–Kier alpha value is -3.08. The van der Waals surface area contributed by atoms with Gasteiger partial charge in [0.2, 0.25) is 0 Å². The van der Waals surface area contributed by atoms with Gasteiger partial charge in [-0.1, -0.05) is 43.5 Å². The molecule has 5 heteroatoms. The van der Waals surface area contributed by atoms with Crippen molar-refractivity contribution >= 4 is 16.8 Å². The molecule has 156 valence electrons. The molecule has 1 heterocycles. The van der Waals surface area contributed by atoms with Gasteiger partial charge in [0.25, 0.3) is 5.91 Å². The Morgan fingerprint density at radius 2 is 1.97 bits per heavy atom. The van der Waals surface area contributed by atoms with Crippen molar-refractivity contribution in [3.8, 4) is 5.75 Å². The van der Waals surface area contributed by atoms with E-state index in [1.54, 1.807) is 12.1 Å². The van der Waals surface area contributed by atoms with Crippen LogP contribution in [0.25, 0.3) is 10.9 Å². The topological polar surface area (TPSA) is 43.3 Å². The van der Waals surface area contributed by atoms with E-state index in [1.807, 2.05) is 34.9 Å². The Balaban J connectivity index is 1.62. The van der Waals surface area contributed by atoms with Crippen molar-refractivity contribution in [2.24, 2.45) is 0 Å². The number of benzene rings is 2. The first-order valence-electron chi connectivity index (χ1n) is 10.6. The minimum atomic E-state index is -0.284. The normalized spacial score (nSPS) is 14.6. The molecule has 0 aliphatic heterocycles. The molecule has 0 saturated heterocycles. The number of halogens is 1. The van der Waals surface area contributed by atoms with Crippen molar-refractivity contribution in [3.63, 3.8) is 0 Å². The SMILES string of the molecule is C=CCn1c(C(=O)NC2CCCCC2)cc2c(OCc3cccc(F)c3)cccc21. The summed E-state index contributed by atoms with van der Waals surface area (Å²) in [5.74, 6) is 0.329. The average molecular weight is 407 g/mol. The Morgan fingerprint density at radius 3 is 2.73 bits per heavy atom. The van der Waals surface area contributed by atoms with Crippen LogP contribution < -0.4 is 10.1 Å². The zero-order valence-corrected chi connectivity index (χ0v) is 17.1. The fourth-order valence-electron chi connectivity index (χ4n) is 4.19. The number of amides is 1. The van der Waals surface area contributed by atoms with E-state index in [0.717, 1.165) is 29.3 Å². The molecular formula is C25H27FN2O2. The van der Waals surface area contributed by atoms with E-state index in [9.17, 15) is 9.18 Å². The van der Waals surface area contributed by atoms with Crippen LogP contribution in [0.2, 0.25) is 0 Å². The summed E-state index contributed by atoms with van der Waals surface area (Å²) >= 11 is 0. The highest BCUT2D eigenvalue weighted by molar-refractivity contribution is 6.00. The van der Waals surface area contributed by atoms with Crippen LogP contribution >= 0.6 is 0 Å². The van der Waals surface area contributed by atoms with Crippen molar-refractivity contribution in [2.45, 2.75) is 51.3 Å². The fraction of sp³-hybridized carbons (Fsp3) is 0.320. The predicted molar refractivity (Wildman–Crippen MR) is 117 cm³/mol. The zero-order valence-electron chi connectivity index (χ0n) is 17.1. The van der Waals surface area contributed by atoms with Gasteiger partial charge < -0.3 is 14.6 Å². The van der Waals surface area contributed by atoms with Crippen LogP contribution in [0, 0.1) is 5.82 Å². The van der Waals surface area contributed by atoms with Crippen molar-refractivity contribution in [1.82, 2.24) is 9.88 Å². The van der Waals surface area contributed by atoms with Crippen molar-refractivity contribution in [3.05, 3.63) is 78.3 Å². The van der Waals surface area contributed by atoms with E-state index in [1.165, 1.54) is 31.4 Å². The lowest BCUT2D eigenvalue weighted by molar-refractivity contribution is 0.0919. The Bertz CT molecular complexity index is 1050. The van der Waals surface area contributed by atoms with Crippen LogP contribution in [0.3, 0.4) is 0 Å². The van der Waals surface area contributed by atoms with E-state index in [2.05, 4.69) is 11.9 Å². The third kappa shape index (κ3) is 4.40. The molecule has 0 bridgehead atoms. The van der Waals surface area contributed by atoms with E-state index >= 15 is 0 Å². The third-order valence-electron chi connectivity index (χ3n) is 5.67. The molecule has 30 heavy (non-hydrogen) atoms. The number of fused-ring (bicyclic) bond motifs is 1. The van der Waals surface area contributed by atoms with Gasteiger partial charge in [0.1, 0.15) is 23.9 Å². The average Bonchev–Trinajstić information content (AvgIpc) is 3.13. The Morgan fingerprint density at radius 1 is 1.17 bits per heavy atom. The van der Waals surface area contributed by atoms with Gasteiger partial charge in [-0.15, -0.1) is 6.58 Å². The maximum Gasteiger partial charge on any atom is 0.268 e. The largest absolute Gasteiger partial charge is 0.488 e. The fourth-order valence-corrected chi connectivity index (χ4v) is 4.19. The number of hydrogen-bond acceptors (Lipinski definition) is 2. The van der Waals surface area contributed by atoms with Gasteiger partial charge >= 0.3 is 0 Å². The molecule has 0 radical (unpaired) electrons. The summed E-state index contributed by atoms with van der Waals surface area (Å²) in [4.78, 5) is 13.1. The van der Waals surface area contributed by atoms with Gasteiger partial charge in [-0.3, -0.25) is 4.79 Å². The van der Waals surface area contributed by atoms with Crippen LogP contribution in [-0.4, -0.2) is 16.5 Å². The highest BCUT2D eigenvalue weighted by Gasteiger charge is 2.21. The van der Waals surface area contributed by atoms with Crippen molar-refractivity contribution in [2.75, 3.05) is 0 Å². The second kappa shape index (κ2) is 9.16. The number of rotatable bonds is 7. The summed E-state index contributed by atoms with van der Waals surface area (Å²) in [6, 6.07) is 14.3. The van der Waals surface area contributed by atoms with E-state index in [-0.39, 0.29) is 24.4 Å². The molecule has 1 amide bonds. The van der Waals surface area contributed by atoms with Gasteiger partial charge in [0, 0.05) is 18.0 Å². The molecule has 1 saturated carbocycles. The van der Waals surface area contributed by atoms with Crippen molar-refractivity contribution < 1.29 is 13.9 Å². The van der Waals surface area contributed by atoms with E-state index in [0.29, 0.717) is 18.0 Å². The molecule has 1 N–H and O–H groups in total. The summed E-state index contributed by atoms with van der Waals surface area (Å²) < 4.78 is 21.4. The highest BCUT2D eigenvalue weighted by atomic mass is 19.1. The molecule has 4 nitrogen and oxygen atoms in total. The van der Waals surface area contributed by atoms with E-state index < -0.39 is 0 Å². The second-order valence-electron chi connectivity index (χ2n) is 7.84. The summed E-state index contributed by atoms with van der Waals surface area (Å²) in [7, 11) is 0.